The number of nitrogens with one attached hydrogen (secondary N) is 3. The monoisotopic (exact) mass is 528 g/mol. The van der Waals surface area contributed by atoms with Crippen molar-refractivity contribution in [2.75, 3.05) is 16.0 Å². The van der Waals surface area contributed by atoms with E-state index >= 15 is 0 Å². The van der Waals surface area contributed by atoms with Gasteiger partial charge in [0.2, 0.25) is 5.91 Å². The molecule has 4 aromatic rings. The Morgan fingerprint density at radius 1 is 0.921 bits per heavy atom. The first-order valence-corrected chi connectivity index (χ1v) is 12.6. The lowest BCUT2D eigenvalue weighted by Gasteiger charge is -2.12. The second kappa shape index (κ2) is 13.2. The quantitative estimate of drug-likeness (QED) is 0.178. The Bertz CT molecular complexity index is 1390. The van der Waals surface area contributed by atoms with Crippen LogP contribution in [-0.2, 0) is 11.4 Å². The minimum Gasteiger partial charge on any atom is -0.486 e. The van der Waals surface area contributed by atoms with Crippen LogP contribution in [-0.4, -0.2) is 20.9 Å². The van der Waals surface area contributed by atoms with Crippen molar-refractivity contribution in [3.05, 3.63) is 102 Å². The van der Waals surface area contributed by atoms with Crippen LogP contribution in [0.4, 0.5) is 28.7 Å². The van der Waals surface area contributed by atoms with Crippen LogP contribution in [0.2, 0.25) is 5.02 Å². The predicted octanol–water partition coefficient (Wildman–Crippen LogP) is 7.13. The number of pyridine rings is 1. The van der Waals surface area contributed by atoms with E-state index in [1.165, 1.54) is 6.33 Å². The molecule has 0 radical (unpaired) electrons. The van der Waals surface area contributed by atoms with Crippen molar-refractivity contribution in [1.82, 2.24) is 15.0 Å². The van der Waals surface area contributed by atoms with E-state index in [0.717, 1.165) is 23.5 Å². The summed E-state index contributed by atoms with van der Waals surface area (Å²) < 4.78 is 5.79. The zero-order valence-corrected chi connectivity index (χ0v) is 21.9. The maximum absolute atomic E-state index is 12.2. The van der Waals surface area contributed by atoms with Gasteiger partial charge in [0.05, 0.1) is 10.7 Å². The molecule has 0 bridgehead atoms. The highest BCUT2D eigenvalue weighted by Crippen LogP contribution is 2.30. The molecule has 8 nitrogen and oxygen atoms in total. The van der Waals surface area contributed by atoms with Crippen molar-refractivity contribution in [2.24, 2.45) is 5.92 Å². The van der Waals surface area contributed by atoms with E-state index in [2.05, 4.69) is 44.7 Å². The second-order valence-electron chi connectivity index (χ2n) is 8.90. The minimum absolute atomic E-state index is 0.164. The number of halogens is 1. The van der Waals surface area contributed by atoms with E-state index in [-0.39, 0.29) is 5.91 Å². The molecule has 38 heavy (non-hydrogen) atoms. The van der Waals surface area contributed by atoms with Gasteiger partial charge >= 0.3 is 0 Å². The number of nitrogens with zero attached hydrogens (tertiary/aromatic N) is 3. The summed E-state index contributed by atoms with van der Waals surface area (Å²) in [6.07, 6.45) is 7.48. The highest BCUT2D eigenvalue weighted by molar-refractivity contribution is 6.32. The number of amides is 1. The third-order valence-corrected chi connectivity index (χ3v) is 5.55. The van der Waals surface area contributed by atoms with Gasteiger partial charge in [-0.05, 0) is 66.9 Å². The molecule has 0 spiro atoms. The molecule has 2 heterocycles. The number of carbonyl (C=O) groups is 1. The fraction of sp³-hybridized carbons (Fsp3) is 0.172. The highest BCUT2D eigenvalue weighted by Gasteiger charge is 2.07. The molecule has 2 aromatic heterocycles. The lowest BCUT2D eigenvalue weighted by molar-refractivity contribution is -0.111. The van der Waals surface area contributed by atoms with Gasteiger partial charge in [0.15, 0.2) is 0 Å². The summed E-state index contributed by atoms with van der Waals surface area (Å²) >= 11 is 6.43. The van der Waals surface area contributed by atoms with Crippen LogP contribution in [0.15, 0.2) is 91.4 Å². The van der Waals surface area contributed by atoms with Crippen LogP contribution in [0.3, 0.4) is 0 Å². The van der Waals surface area contributed by atoms with E-state index in [0.29, 0.717) is 40.6 Å². The molecule has 0 fully saturated rings. The topological polar surface area (TPSA) is 101 Å². The average molecular weight is 529 g/mol. The zero-order valence-electron chi connectivity index (χ0n) is 21.2. The van der Waals surface area contributed by atoms with Gasteiger partial charge in [0.1, 0.15) is 30.3 Å². The Hall–Kier alpha value is -4.43. The van der Waals surface area contributed by atoms with Crippen molar-refractivity contribution in [3.63, 3.8) is 0 Å². The van der Waals surface area contributed by atoms with E-state index in [1.807, 2.05) is 54.6 Å². The molecule has 194 valence electrons. The lowest BCUT2D eigenvalue weighted by atomic mass is 10.1. The Morgan fingerprint density at radius 2 is 1.68 bits per heavy atom. The number of hydrogen-bond acceptors (Lipinski definition) is 7. The van der Waals surface area contributed by atoms with Gasteiger partial charge in [0, 0.05) is 29.3 Å². The molecule has 0 aliphatic heterocycles. The smallest absolute Gasteiger partial charge is 0.248 e. The molecular weight excluding hydrogens is 500 g/mol. The van der Waals surface area contributed by atoms with Crippen molar-refractivity contribution in [1.29, 1.82) is 0 Å². The van der Waals surface area contributed by atoms with Crippen molar-refractivity contribution in [2.45, 2.75) is 26.9 Å². The van der Waals surface area contributed by atoms with Crippen molar-refractivity contribution < 1.29 is 9.53 Å². The number of aromatic nitrogens is 3. The van der Waals surface area contributed by atoms with Gasteiger partial charge in [-0.1, -0.05) is 43.7 Å². The maximum Gasteiger partial charge on any atom is 0.248 e. The van der Waals surface area contributed by atoms with E-state index < -0.39 is 0 Å². The van der Waals surface area contributed by atoms with Gasteiger partial charge in [-0.2, -0.15) is 0 Å². The molecular formula is C29H29ClN6O2. The van der Waals surface area contributed by atoms with E-state index in [9.17, 15) is 4.79 Å². The molecule has 1 amide bonds. The SMILES string of the molecule is CC(C)C/C=C/C(=O)Nc1cccc(Nc2cc(Nc3ccc(OCc4ccccn4)c(Cl)c3)ncn2)c1. The molecule has 0 unspecified atom stereocenters. The van der Waals surface area contributed by atoms with Crippen LogP contribution in [0.25, 0.3) is 0 Å². The Labute approximate surface area is 227 Å². The summed E-state index contributed by atoms with van der Waals surface area (Å²) in [5.74, 6) is 2.08. The van der Waals surface area contributed by atoms with Gasteiger partial charge in [-0.25, -0.2) is 9.97 Å². The molecule has 0 saturated heterocycles. The molecule has 3 N–H and O–H groups in total. The molecule has 4 rings (SSSR count). The molecule has 0 atom stereocenters. The van der Waals surface area contributed by atoms with Gasteiger partial charge in [-0.3, -0.25) is 9.78 Å². The summed E-state index contributed by atoms with van der Waals surface area (Å²) in [7, 11) is 0. The third kappa shape index (κ3) is 8.31. The Kier molecular flexibility index (Phi) is 9.26. The zero-order chi connectivity index (χ0) is 26.7. The fourth-order valence-electron chi connectivity index (χ4n) is 3.43. The van der Waals surface area contributed by atoms with Crippen LogP contribution < -0.4 is 20.7 Å². The third-order valence-electron chi connectivity index (χ3n) is 5.25. The average Bonchev–Trinajstić information content (AvgIpc) is 2.89. The highest BCUT2D eigenvalue weighted by atomic mass is 35.5. The summed E-state index contributed by atoms with van der Waals surface area (Å²) in [4.78, 5) is 25.0. The first kappa shape index (κ1) is 26.6. The number of allylic oxidation sites excluding steroid dienone is 1. The first-order chi connectivity index (χ1) is 18.4. The van der Waals surface area contributed by atoms with Crippen molar-refractivity contribution >= 4 is 46.2 Å². The van der Waals surface area contributed by atoms with Gasteiger partial charge in [-0.15, -0.1) is 0 Å². The molecule has 9 heteroatoms. The first-order valence-electron chi connectivity index (χ1n) is 12.2. The predicted molar refractivity (Wildman–Crippen MR) is 152 cm³/mol. The number of rotatable bonds is 11. The largest absolute Gasteiger partial charge is 0.486 e. The second-order valence-corrected chi connectivity index (χ2v) is 9.30. The fourth-order valence-corrected chi connectivity index (χ4v) is 3.66. The van der Waals surface area contributed by atoms with Crippen LogP contribution in [0.5, 0.6) is 5.75 Å². The molecule has 2 aromatic carbocycles. The van der Waals surface area contributed by atoms with Crippen LogP contribution in [0, 0.1) is 5.92 Å². The standard InChI is InChI=1S/C29H29ClN6O2/c1-20(2)7-5-11-29(37)36-22-10-6-9-21(15-22)34-27-17-28(33-19-32-27)35-23-12-13-26(25(30)16-23)38-18-24-8-3-4-14-31-24/h3-6,8-17,19-20H,7,18H2,1-2H3,(H,36,37)(H2,32,33,34,35)/b11-5+. The number of anilines is 5. The summed E-state index contributed by atoms with van der Waals surface area (Å²) in [5, 5.41) is 9.82. The number of ether oxygens (including phenoxy) is 1. The van der Waals surface area contributed by atoms with Gasteiger partial charge < -0.3 is 20.7 Å². The van der Waals surface area contributed by atoms with E-state index in [1.54, 1.807) is 30.5 Å². The van der Waals surface area contributed by atoms with Crippen LogP contribution >= 0.6 is 11.6 Å². The molecule has 0 aliphatic carbocycles. The van der Waals surface area contributed by atoms with Gasteiger partial charge in [0.25, 0.3) is 0 Å². The molecule has 0 saturated carbocycles. The molecule has 0 aliphatic rings. The number of hydrogen-bond donors (Lipinski definition) is 3. The lowest BCUT2D eigenvalue weighted by Crippen LogP contribution is -2.08. The van der Waals surface area contributed by atoms with Crippen molar-refractivity contribution in [3.8, 4) is 5.75 Å². The summed E-state index contributed by atoms with van der Waals surface area (Å²) in [6.45, 7) is 4.54. The summed E-state index contributed by atoms with van der Waals surface area (Å²) in [5.41, 5.74) is 3.02. The number of benzene rings is 2. The maximum atomic E-state index is 12.2. The van der Waals surface area contributed by atoms with E-state index in [4.69, 9.17) is 16.3 Å². The minimum atomic E-state index is -0.164. The summed E-state index contributed by atoms with van der Waals surface area (Å²) in [6, 6.07) is 20.3. The van der Waals surface area contributed by atoms with Crippen LogP contribution in [0.1, 0.15) is 26.0 Å². The normalized spacial score (nSPS) is 10.9. The number of carbonyl (C=O) groups excluding carboxylic acids is 1. The Balaban J connectivity index is 1.36. The Morgan fingerprint density at radius 3 is 2.39 bits per heavy atom.